The van der Waals surface area contributed by atoms with Gasteiger partial charge in [-0.25, -0.2) is 9.97 Å². The second kappa shape index (κ2) is 4.77. The third-order valence-electron chi connectivity index (χ3n) is 3.06. The average molecular weight is 260 g/mol. The summed E-state index contributed by atoms with van der Waals surface area (Å²) in [4.78, 5) is 23.6. The summed E-state index contributed by atoms with van der Waals surface area (Å²) in [6, 6.07) is 3.27. The van der Waals surface area contributed by atoms with Crippen LogP contribution < -0.4 is 5.32 Å². The number of rotatable bonds is 3. The van der Waals surface area contributed by atoms with Gasteiger partial charge in [-0.1, -0.05) is 0 Å². The highest BCUT2D eigenvalue weighted by Gasteiger charge is 2.34. The van der Waals surface area contributed by atoms with Crippen molar-refractivity contribution in [3.8, 4) is 0 Å². The summed E-state index contributed by atoms with van der Waals surface area (Å²) in [7, 11) is 0. The molecule has 7 nitrogen and oxygen atoms in total. The Labute approximate surface area is 108 Å². The maximum atomic E-state index is 11.1. The number of pyridine rings is 1. The lowest BCUT2D eigenvalue weighted by molar-refractivity contribution is -0.141. The fraction of sp³-hybridized carbons (Fsp3) is 0.333. The molecular formula is C12H12N4O3. The molecule has 7 heteroatoms. The molecule has 0 amide bonds. The first-order valence-electron chi connectivity index (χ1n) is 5.89. The Morgan fingerprint density at radius 1 is 1.32 bits per heavy atom. The van der Waals surface area contributed by atoms with Gasteiger partial charge in [-0.3, -0.25) is 9.78 Å². The van der Waals surface area contributed by atoms with Gasteiger partial charge >= 0.3 is 5.97 Å². The Kier molecular flexibility index (Phi) is 2.96. The highest BCUT2D eigenvalue weighted by molar-refractivity contribution is 5.73. The van der Waals surface area contributed by atoms with Crippen molar-refractivity contribution in [1.29, 1.82) is 0 Å². The van der Waals surface area contributed by atoms with E-state index in [1.54, 1.807) is 24.5 Å². The van der Waals surface area contributed by atoms with E-state index in [2.05, 4.69) is 20.3 Å². The van der Waals surface area contributed by atoms with Crippen molar-refractivity contribution in [3.63, 3.8) is 0 Å². The predicted octanol–water partition coefficient (Wildman–Crippen LogP) is 0.536. The van der Waals surface area contributed by atoms with Crippen molar-refractivity contribution < 1.29 is 14.6 Å². The van der Waals surface area contributed by atoms with Crippen molar-refractivity contribution >= 4 is 23.0 Å². The molecule has 98 valence electrons. The third kappa shape index (κ3) is 2.32. The number of nitrogens with zero attached hydrogens (tertiary/aromatic N) is 3. The van der Waals surface area contributed by atoms with Crippen LogP contribution in [0.4, 0.5) is 5.82 Å². The topological polar surface area (TPSA) is 97.2 Å². The molecule has 1 aliphatic heterocycles. The van der Waals surface area contributed by atoms with Crippen molar-refractivity contribution in [2.75, 3.05) is 18.5 Å². The number of carboxylic acid groups (broad SMARTS) is 1. The monoisotopic (exact) mass is 260 g/mol. The Hall–Kier alpha value is -2.28. The molecule has 2 N–H and O–H groups in total. The number of anilines is 1. The second-order valence-corrected chi connectivity index (χ2v) is 4.33. The molecule has 0 aliphatic carbocycles. The lowest BCUT2D eigenvalue weighted by Gasteiger charge is -2.16. The van der Waals surface area contributed by atoms with Crippen LogP contribution >= 0.6 is 0 Å². The molecular weight excluding hydrogens is 248 g/mol. The summed E-state index contributed by atoms with van der Waals surface area (Å²) in [5.74, 6) is -0.843. The Morgan fingerprint density at radius 2 is 2.16 bits per heavy atom. The van der Waals surface area contributed by atoms with Gasteiger partial charge in [-0.15, -0.1) is 0 Å². The van der Waals surface area contributed by atoms with Crippen molar-refractivity contribution in [2.45, 2.75) is 6.04 Å². The van der Waals surface area contributed by atoms with Crippen LogP contribution in [0, 0.1) is 5.92 Å². The lowest BCUT2D eigenvalue weighted by atomic mass is 10.0. The summed E-state index contributed by atoms with van der Waals surface area (Å²) in [5, 5.41) is 12.2. The van der Waals surface area contributed by atoms with Crippen molar-refractivity contribution in [1.82, 2.24) is 15.0 Å². The van der Waals surface area contributed by atoms with Gasteiger partial charge in [0.05, 0.1) is 19.3 Å². The fourth-order valence-corrected chi connectivity index (χ4v) is 2.06. The first-order valence-corrected chi connectivity index (χ1v) is 5.89. The molecule has 3 heterocycles. The van der Waals surface area contributed by atoms with Gasteiger partial charge in [0.1, 0.15) is 17.3 Å². The molecule has 2 aromatic heterocycles. The molecule has 2 aromatic rings. The van der Waals surface area contributed by atoms with Crippen molar-refractivity contribution in [2.24, 2.45) is 5.92 Å². The summed E-state index contributed by atoms with van der Waals surface area (Å²) in [6.07, 6.45) is 3.17. The van der Waals surface area contributed by atoms with Crippen molar-refractivity contribution in [3.05, 3.63) is 24.5 Å². The van der Waals surface area contributed by atoms with Crippen LogP contribution in [0.1, 0.15) is 0 Å². The smallest absolute Gasteiger partial charge is 0.311 e. The number of aromatic nitrogens is 3. The Bertz CT molecular complexity index is 619. The standard InChI is InChI=1S/C12H12N4O3/c17-12(18)7-5-19-6-9(7)15-10-2-1-8-11(16-10)14-4-3-13-8/h1-4,7,9H,5-6H2,(H,17,18)(H,14,15,16). The molecule has 19 heavy (non-hydrogen) atoms. The normalized spacial score (nSPS) is 22.5. The summed E-state index contributed by atoms with van der Waals surface area (Å²) in [5.41, 5.74) is 1.23. The Morgan fingerprint density at radius 3 is 3.00 bits per heavy atom. The predicted molar refractivity (Wildman–Crippen MR) is 66.7 cm³/mol. The first-order chi connectivity index (χ1) is 9.24. The number of hydrogen-bond donors (Lipinski definition) is 2. The molecule has 0 aromatic carbocycles. The number of fused-ring (bicyclic) bond motifs is 1. The van der Waals surface area contributed by atoms with Crippen LogP contribution in [-0.4, -0.2) is 45.3 Å². The van der Waals surface area contributed by atoms with Crippen LogP contribution in [0.2, 0.25) is 0 Å². The number of hydrogen-bond acceptors (Lipinski definition) is 6. The minimum absolute atomic E-state index is 0.223. The fourth-order valence-electron chi connectivity index (χ4n) is 2.06. The summed E-state index contributed by atoms with van der Waals surface area (Å²) < 4.78 is 5.19. The van der Waals surface area contributed by atoms with Gasteiger partial charge in [0.2, 0.25) is 0 Å². The van der Waals surface area contributed by atoms with Gasteiger partial charge in [0, 0.05) is 12.4 Å². The van der Waals surface area contributed by atoms with Crippen LogP contribution in [0.15, 0.2) is 24.5 Å². The molecule has 0 bridgehead atoms. The molecule has 0 spiro atoms. The highest BCUT2D eigenvalue weighted by Crippen LogP contribution is 2.19. The van der Waals surface area contributed by atoms with Gasteiger partial charge < -0.3 is 15.2 Å². The number of carboxylic acids is 1. The molecule has 1 aliphatic rings. The molecule has 0 saturated carbocycles. The summed E-state index contributed by atoms with van der Waals surface area (Å²) >= 11 is 0. The van der Waals surface area contributed by atoms with E-state index < -0.39 is 11.9 Å². The van der Waals surface area contributed by atoms with Crippen LogP contribution in [-0.2, 0) is 9.53 Å². The van der Waals surface area contributed by atoms with Gasteiger partial charge in [0.15, 0.2) is 5.65 Å². The number of carbonyl (C=O) groups is 1. The van der Waals surface area contributed by atoms with Gasteiger partial charge in [-0.2, -0.15) is 0 Å². The lowest BCUT2D eigenvalue weighted by Crippen LogP contribution is -2.33. The minimum atomic E-state index is -0.865. The van der Waals surface area contributed by atoms with Gasteiger partial charge in [0.25, 0.3) is 0 Å². The minimum Gasteiger partial charge on any atom is -0.481 e. The maximum Gasteiger partial charge on any atom is 0.311 e. The first kappa shape index (κ1) is 11.8. The molecule has 3 rings (SSSR count). The van der Waals surface area contributed by atoms with E-state index in [1.165, 1.54) is 0 Å². The average Bonchev–Trinajstić information content (AvgIpc) is 2.87. The number of nitrogens with one attached hydrogen (secondary N) is 1. The maximum absolute atomic E-state index is 11.1. The largest absolute Gasteiger partial charge is 0.481 e. The number of ether oxygens (including phenoxy) is 1. The quantitative estimate of drug-likeness (QED) is 0.831. The zero-order valence-corrected chi connectivity index (χ0v) is 9.98. The zero-order valence-electron chi connectivity index (χ0n) is 9.98. The van der Waals surface area contributed by atoms with E-state index in [-0.39, 0.29) is 12.6 Å². The molecule has 2 unspecified atom stereocenters. The summed E-state index contributed by atoms with van der Waals surface area (Å²) in [6.45, 7) is 0.581. The van der Waals surface area contributed by atoms with E-state index in [4.69, 9.17) is 9.84 Å². The van der Waals surface area contributed by atoms with E-state index in [1.807, 2.05) is 0 Å². The van der Waals surface area contributed by atoms with Crippen LogP contribution in [0.3, 0.4) is 0 Å². The SMILES string of the molecule is O=C(O)C1COCC1Nc1ccc2nccnc2n1. The van der Waals surface area contributed by atoms with E-state index >= 15 is 0 Å². The van der Waals surface area contributed by atoms with Gasteiger partial charge in [-0.05, 0) is 12.1 Å². The third-order valence-corrected chi connectivity index (χ3v) is 3.06. The van der Waals surface area contributed by atoms with E-state index in [0.29, 0.717) is 23.6 Å². The van der Waals surface area contributed by atoms with Crippen LogP contribution in [0.25, 0.3) is 11.2 Å². The molecule has 0 radical (unpaired) electrons. The van der Waals surface area contributed by atoms with E-state index in [0.717, 1.165) is 0 Å². The Balaban J connectivity index is 1.83. The number of aliphatic carboxylic acids is 1. The highest BCUT2D eigenvalue weighted by atomic mass is 16.5. The second-order valence-electron chi connectivity index (χ2n) is 4.33. The molecule has 1 fully saturated rings. The molecule has 2 atom stereocenters. The van der Waals surface area contributed by atoms with E-state index in [9.17, 15) is 4.79 Å². The zero-order chi connectivity index (χ0) is 13.2. The molecule has 1 saturated heterocycles. The van der Waals surface area contributed by atoms with Crippen LogP contribution in [0.5, 0.6) is 0 Å².